The van der Waals surface area contributed by atoms with E-state index in [4.69, 9.17) is 11.6 Å². The number of ketones is 1. The first-order valence-electron chi connectivity index (χ1n) is 9.13. The van der Waals surface area contributed by atoms with Gasteiger partial charge in [-0.1, -0.05) is 23.7 Å². The molecule has 0 aliphatic heterocycles. The number of Topliss-reactive ketones (excluding diaryl/α,β-unsaturated/α-hetero) is 1. The summed E-state index contributed by atoms with van der Waals surface area (Å²) in [6, 6.07) is 9.81. The fourth-order valence-corrected chi connectivity index (χ4v) is 4.75. The van der Waals surface area contributed by atoms with Crippen molar-refractivity contribution < 1.29 is 13.2 Å². The van der Waals surface area contributed by atoms with Crippen LogP contribution in [0.5, 0.6) is 0 Å². The number of aryl methyl sites for hydroxylation is 2. The molecule has 0 bridgehead atoms. The molecule has 4 aromatic rings. The predicted molar refractivity (Wildman–Crippen MR) is 112 cm³/mol. The number of carbonyl (C=O) groups excluding carboxylic acids is 1. The SMILES string of the molecule is Cc1cc(Cl)cnc1S(=O)(=O)c1ccc(CCC(=O)c2cnc3[nH]ncc3c2)cc1. The fraction of sp³-hybridized carbons (Fsp3) is 0.143. The molecule has 152 valence electrons. The standard InChI is InChI=1S/C21H17ClN4O3S/c1-13-8-17(22)12-24-21(13)30(28,29)18-5-2-14(3-6-18)4-7-19(27)15-9-16-11-25-26-20(16)23-10-15/h2-3,5-6,8-12H,4,7H2,1H3,(H,23,25,26). The Bertz CT molecular complexity index is 1350. The molecule has 0 fully saturated rings. The second kappa shape index (κ2) is 7.97. The summed E-state index contributed by atoms with van der Waals surface area (Å²) in [7, 11) is -3.75. The monoisotopic (exact) mass is 440 g/mol. The number of H-pyrrole nitrogens is 1. The van der Waals surface area contributed by atoms with Gasteiger partial charge in [-0.2, -0.15) is 5.10 Å². The predicted octanol–water partition coefficient (Wildman–Crippen LogP) is 3.96. The molecule has 0 saturated heterocycles. The van der Waals surface area contributed by atoms with Crippen LogP contribution in [0.15, 0.2) is 64.9 Å². The summed E-state index contributed by atoms with van der Waals surface area (Å²) in [5, 5.41) is 7.79. The van der Waals surface area contributed by atoms with Gasteiger partial charge in [0.25, 0.3) is 0 Å². The van der Waals surface area contributed by atoms with Crippen LogP contribution in [-0.4, -0.2) is 34.4 Å². The third-order valence-electron chi connectivity index (χ3n) is 4.74. The lowest BCUT2D eigenvalue weighted by molar-refractivity contribution is 0.0982. The Morgan fingerprint density at radius 1 is 1.07 bits per heavy atom. The highest BCUT2D eigenvalue weighted by Crippen LogP contribution is 2.24. The Labute approximate surface area is 178 Å². The zero-order valence-corrected chi connectivity index (χ0v) is 17.5. The fourth-order valence-electron chi connectivity index (χ4n) is 3.15. The van der Waals surface area contributed by atoms with E-state index in [-0.39, 0.29) is 22.1 Å². The van der Waals surface area contributed by atoms with Crippen LogP contribution in [0.4, 0.5) is 0 Å². The van der Waals surface area contributed by atoms with Gasteiger partial charge in [0.2, 0.25) is 9.84 Å². The summed E-state index contributed by atoms with van der Waals surface area (Å²) in [5.74, 6) is -0.0386. The number of hydrogen-bond donors (Lipinski definition) is 1. The van der Waals surface area contributed by atoms with E-state index in [1.54, 1.807) is 37.4 Å². The maximum atomic E-state index is 12.8. The summed E-state index contributed by atoms with van der Waals surface area (Å²) in [4.78, 5) is 20.8. The minimum Gasteiger partial charge on any atom is -0.294 e. The summed E-state index contributed by atoms with van der Waals surface area (Å²) in [6.45, 7) is 1.65. The summed E-state index contributed by atoms with van der Waals surface area (Å²) < 4.78 is 25.7. The molecule has 0 radical (unpaired) electrons. The lowest BCUT2D eigenvalue weighted by Crippen LogP contribution is -2.07. The number of nitrogens with zero attached hydrogens (tertiary/aromatic N) is 3. The van der Waals surface area contributed by atoms with Crippen molar-refractivity contribution in [3.63, 3.8) is 0 Å². The van der Waals surface area contributed by atoms with Crippen LogP contribution in [-0.2, 0) is 16.3 Å². The van der Waals surface area contributed by atoms with Crippen LogP contribution in [0.2, 0.25) is 5.02 Å². The zero-order valence-electron chi connectivity index (χ0n) is 16.0. The molecule has 0 amide bonds. The van der Waals surface area contributed by atoms with Crippen molar-refractivity contribution in [1.82, 2.24) is 20.2 Å². The van der Waals surface area contributed by atoms with Gasteiger partial charge in [0, 0.05) is 29.8 Å². The first-order valence-corrected chi connectivity index (χ1v) is 11.0. The molecule has 0 aliphatic carbocycles. The van der Waals surface area contributed by atoms with Crippen molar-refractivity contribution in [1.29, 1.82) is 0 Å². The summed E-state index contributed by atoms with van der Waals surface area (Å²) in [6.07, 6.45) is 5.24. The summed E-state index contributed by atoms with van der Waals surface area (Å²) in [5.41, 5.74) is 2.50. The normalized spacial score (nSPS) is 11.7. The molecule has 30 heavy (non-hydrogen) atoms. The number of pyridine rings is 2. The smallest absolute Gasteiger partial charge is 0.224 e. The van der Waals surface area contributed by atoms with Crippen LogP contribution in [0.25, 0.3) is 11.0 Å². The largest absolute Gasteiger partial charge is 0.294 e. The average molecular weight is 441 g/mol. The number of hydrogen-bond acceptors (Lipinski definition) is 6. The number of aromatic nitrogens is 4. The van der Waals surface area contributed by atoms with E-state index >= 15 is 0 Å². The van der Waals surface area contributed by atoms with E-state index in [1.807, 2.05) is 0 Å². The van der Waals surface area contributed by atoms with Gasteiger partial charge in [0.05, 0.1) is 16.1 Å². The second-order valence-electron chi connectivity index (χ2n) is 6.88. The van der Waals surface area contributed by atoms with E-state index in [9.17, 15) is 13.2 Å². The average Bonchev–Trinajstić information content (AvgIpc) is 3.20. The molecule has 9 heteroatoms. The first-order chi connectivity index (χ1) is 14.3. The van der Waals surface area contributed by atoms with Crippen molar-refractivity contribution in [2.24, 2.45) is 0 Å². The van der Waals surface area contributed by atoms with Crippen molar-refractivity contribution in [2.75, 3.05) is 0 Å². The molecule has 4 rings (SSSR count). The zero-order chi connectivity index (χ0) is 21.3. The minimum absolute atomic E-state index is 0.0167. The highest BCUT2D eigenvalue weighted by atomic mass is 35.5. The van der Waals surface area contributed by atoms with E-state index < -0.39 is 9.84 Å². The van der Waals surface area contributed by atoms with Crippen molar-refractivity contribution >= 4 is 38.3 Å². The van der Waals surface area contributed by atoms with E-state index in [2.05, 4.69) is 20.2 Å². The van der Waals surface area contributed by atoms with E-state index in [0.29, 0.717) is 28.2 Å². The van der Waals surface area contributed by atoms with Crippen molar-refractivity contribution in [2.45, 2.75) is 29.7 Å². The molecule has 7 nitrogen and oxygen atoms in total. The highest BCUT2D eigenvalue weighted by molar-refractivity contribution is 7.91. The van der Waals surface area contributed by atoms with E-state index in [0.717, 1.165) is 10.9 Å². The molecular formula is C21H17ClN4O3S. The Balaban J connectivity index is 1.47. The Morgan fingerprint density at radius 3 is 2.57 bits per heavy atom. The van der Waals surface area contributed by atoms with Gasteiger partial charge >= 0.3 is 0 Å². The molecule has 1 N–H and O–H groups in total. The number of sulfone groups is 1. The Kier molecular flexibility index (Phi) is 5.36. The van der Waals surface area contributed by atoms with Crippen LogP contribution in [0, 0.1) is 6.92 Å². The molecule has 3 aromatic heterocycles. The molecule has 0 spiro atoms. The molecular weight excluding hydrogens is 424 g/mol. The maximum Gasteiger partial charge on any atom is 0.224 e. The van der Waals surface area contributed by atoms with Crippen molar-refractivity contribution in [3.05, 3.63) is 76.7 Å². The second-order valence-corrected chi connectivity index (χ2v) is 9.18. The van der Waals surface area contributed by atoms with Crippen LogP contribution in [0.3, 0.4) is 0 Å². The Morgan fingerprint density at radius 2 is 1.83 bits per heavy atom. The van der Waals surface area contributed by atoms with Gasteiger partial charge in [-0.05, 0) is 48.7 Å². The minimum atomic E-state index is -3.75. The number of fused-ring (bicyclic) bond motifs is 1. The van der Waals surface area contributed by atoms with Gasteiger partial charge in [-0.15, -0.1) is 0 Å². The van der Waals surface area contributed by atoms with Crippen LogP contribution >= 0.6 is 11.6 Å². The lowest BCUT2D eigenvalue weighted by atomic mass is 10.0. The quantitative estimate of drug-likeness (QED) is 0.455. The first kappa shape index (κ1) is 20.2. The lowest BCUT2D eigenvalue weighted by Gasteiger charge is -2.08. The highest BCUT2D eigenvalue weighted by Gasteiger charge is 2.21. The van der Waals surface area contributed by atoms with Crippen LogP contribution in [0.1, 0.15) is 27.9 Å². The number of halogens is 1. The number of benzene rings is 1. The maximum absolute atomic E-state index is 12.8. The molecule has 0 atom stereocenters. The van der Waals surface area contributed by atoms with Gasteiger partial charge in [0.1, 0.15) is 0 Å². The summed E-state index contributed by atoms with van der Waals surface area (Å²) >= 11 is 5.87. The number of aromatic amines is 1. The third kappa shape index (κ3) is 3.96. The number of carbonyl (C=O) groups is 1. The topological polar surface area (TPSA) is 106 Å². The molecule has 0 unspecified atom stereocenters. The molecule has 0 saturated carbocycles. The molecule has 0 aliphatic rings. The number of nitrogens with one attached hydrogen (secondary N) is 1. The van der Waals surface area contributed by atoms with Gasteiger partial charge in [-0.25, -0.2) is 18.4 Å². The van der Waals surface area contributed by atoms with Crippen LogP contribution < -0.4 is 0 Å². The Hall–Kier alpha value is -3.10. The molecule has 1 aromatic carbocycles. The van der Waals surface area contributed by atoms with E-state index in [1.165, 1.54) is 24.5 Å². The van der Waals surface area contributed by atoms with Gasteiger partial charge < -0.3 is 0 Å². The molecule has 3 heterocycles. The number of rotatable bonds is 6. The van der Waals surface area contributed by atoms with Crippen molar-refractivity contribution in [3.8, 4) is 0 Å². The van der Waals surface area contributed by atoms with Gasteiger partial charge in [0.15, 0.2) is 16.5 Å². The van der Waals surface area contributed by atoms with Gasteiger partial charge in [-0.3, -0.25) is 9.89 Å². The third-order valence-corrected chi connectivity index (χ3v) is 6.77.